The van der Waals surface area contributed by atoms with E-state index in [4.69, 9.17) is 16.3 Å². The molecule has 0 aliphatic carbocycles. The first-order valence-corrected chi connectivity index (χ1v) is 10.1. The highest BCUT2D eigenvalue weighted by molar-refractivity contribution is 6.28. The van der Waals surface area contributed by atoms with E-state index in [1.165, 1.54) is 19.3 Å². The number of nitrogens with zero attached hydrogens (tertiary/aromatic N) is 3. The molecule has 150 valence electrons. The van der Waals surface area contributed by atoms with Crippen LogP contribution < -0.4 is 10.1 Å². The fourth-order valence-corrected chi connectivity index (χ4v) is 3.66. The summed E-state index contributed by atoms with van der Waals surface area (Å²) in [5.41, 5.74) is 2.18. The average molecular weight is 403 g/mol. The molecule has 0 radical (unpaired) electrons. The predicted octanol–water partition coefficient (Wildman–Crippen LogP) is 3.77. The van der Waals surface area contributed by atoms with E-state index in [0.29, 0.717) is 22.8 Å². The van der Waals surface area contributed by atoms with E-state index in [-0.39, 0.29) is 17.5 Å². The maximum Gasteiger partial charge on any atom is 0.224 e. The van der Waals surface area contributed by atoms with E-state index < -0.39 is 0 Å². The van der Waals surface area contributed by atoms with Crippen molar-refractivity contribution in [3.8, 4) is 5.75 Å². The second kappa shape index (κ2) is 9.85. The summed E-state index contributed by atoms with van der Waals surface area (Å²) in [7, 11) is 1.59. The van der Waals surface area contributed by atoms with Gasteiger partial charge in [0.05, 0.1) is 19.2 Å². The van der Waals surface area contributed by atoms with E-state index in [1.54, 1.807) is 19.2 Å². The second-order valence-corrected chi connectivity index (χ2v) is 7.52. The number of nitrogens with one attached hydrogen (secondary N) is 1. The molecule has 1 aliphatic rings. The molecule has 0 spiro atoms. The topological polar surface area (TPSA) is 67.3 Å². The minimum atomic E-state index is -0.0315. The summed E-state index contributed by atoms with van der Waals surface area (Å²) in [6.07, 6.45) is 4.04. The van der Waals surface area contributed by atoms with E-state index >= 15 is 0 Å². The Kier molecular flexibility index (Phi) is 7.23. The highest BCUT2D eigenvalue weighted by Gasteiger charge is 2.13. The monoisotopic (exact) mass is 402 g/mol. The van der Waals surface area contributed by atoms with Gasteiger partial charge in [0.1, 0.15) is 11.6 Å². The number of rotatable bonds is 8. The number of aryl methyl sites for hydroxylation is 1. The van der Waals surface area contributed by atoms with Crippen molar-refractivity contribution in [1.82, 2.24) is 14.9 Å². The number of ether oxygens (including phenoxy) is 1. The highest BCUT2D eigenvalue weighted by atomic mass is 35.5. The number of anilines is 1. The molecule has 1 aromatic carbocycles. The Morgan fingerprint density at radius 3 is 2.71 bits per heavy atom. The van der Waals surface area contributed by atoms with Crippen molar-refractivity contribution >= 4 is 23.2 Å². The van der Waals surface area contributed by atoms with Gasteiger partial charge in [0.15, 0.2) is 5.78 Å². The molecule has 6 nitrogen and oxygen atoms in total. The van der Waals surface area contributed by atoms with Gasteiger partial charge in [-0.3, -0.25) is 4.79 Å². The van der Waals surface area contributed by atoms with Crippen LogP contribution in [0.3, 0.4) is 0 Å². The lowest BCUT2D eigenvalue weighted by Crippen LogP contribution is -2.33. The Labute approximate surface area is 171 Å². The zero-order valence-corrected chi connectivity index (χ0v) is 17.3. The molecule has 1 saturated heterocycles. The fraction of sp³-hybridized carbons (Fsp3) is 0.476. The molecular formula is C21H27ClN4O2. The van der Waals surface area contributed by atoms with Gasteiger partial charge < -0.3 is 15.0 Å². The van der Waals surface area contributed by atoms with Gasteiger partial charge in [-0.15, -0.1) is 0 Å². The molecule has 1 fully saturated rings. The molecule has 0 amide bonds. The molecule has 2 heterocycles. The predicted molar refractivity (Wildman–Crippen MR) is 112 cm³/mol. The van der Waals surface area contributed by atoms with Gasteiger partial charge in [-0.05, 0) is 68.2 Å². The average Bonchev–Trinajstić information content (AvgIpc) is 2.68. The van der Waals surface area contributed by atoms with Crippen molar-refractivity contribution in [2.45, 2.75) is 32.6 Å². The summed E-state index contributed by atoms with van der Waals surface area (Å²) < 4.78 is 5.26. The third-order valence-electron chi connectivity index (χ3n) is 4.88. The first kappa shape index (κ1) is 20.6. The molecule has 1 aromatic heterocycles. The number of benzene rings is 1. The van der Waals surface area contributed by atoms with Gasteiger partial charge in [-0.1, -0.05) is 6.42 Å². The first-order chi connectivity index (χ1) is 13.5. The Balaban J connectivity index is 1.62. The molecule has 0 bridgehead atoms. The molecule has 0 saturated carbocycles. The normalized spacial score (nSPS) is 14.7. The fourth-order valence-electron chi connectivity index (χ4n) is 3.46. The van der Waals surface area contributed by atoms with Gasteiger partial charge in [-0.2, -0.15) is 0 Å². The number of carbonyl (C=O) groups is 1. The van der Waals surface area contributed by atoms with E-state index in [9.17, 15) is 4.79 Å². The minimum absolute atomic E-state index is 0.0315. The summed E-state index contributed by atoms with van der Waals surface area (Å²) >= 11 is 6.08. The molecule has 1 aliphatic heterocycles. The van der Waals surface area contributed by atoms with Crippen LogP contribution >= 0.6 is 11.6 Å². The van der Waals surface area contributed by atoms with Crippen molar-refractivity contribution in [3.05, 3.63) is 46.4 Å². The van der Waals surface area contributed by atoms with Gasteiger partial charge >= 0.3 is 0 Å². The number of Topliss-reactive ketones (excluding diaryl/α,β-unsaturated/α-hetero) is 1. The quantitative estimate of drug-likeness (QED) is 0.535. The smallest absolute Gasteiger partial charge is 0.224 e. The van der Waals surface area contributed by atoms with Crippen LogP contribution in [0.15, 0.2) is 24.3 Å². The molecule has 1 N–H and O–H groups in total. The van der Waals surface area contributed by atoms with Gasteiger partial charge in [0.2, 0.25) is 5.28 Å². The summed E-state index contributed by atoms with van der Waals surface area (Å²) in [5.74, 6) is 1.29. The SMILES string of the molecule is COc1cc(C)cc(C(=O)Cc2cc(NCCN3CCCCC3)nc(Cl)n2)c1. The van der Waals surface area contributed by atoms with Crippen LogP contribution in [0.25, 0.3) is 0 Å². The number of carbonyl (C=O) groups excluding carboxylic acids is 1. The Hall–Kier alpha value is -2.18. The largest absolute Gasteiger partial charge is 0.497 e. The molecular weight excluding hydrogens is 376 g/mol. The number of likely N-dealkylation sites (tertiary alicyclic amines) is 1. The summed E-state index contributed by atoms with van der Waals surface area (Å²) in [4.78, 5) is 23.6. The summed E-state index contributed by atoms with van der Waals surface area (Å²) in [5, 5.41) is 3.45. The lowest BCUT2D eigenvalue weighted by Gasteiger charge is -2.26. The van der Waals surface area contributed by atoms with Crippen LogP contribution in [0.2, 0.25) is 5.28 Å². The van der Waals surface area contributed by atoms with E-state index in [1.807, 2.05) is 19.1 Å². The first-order valence-electron chi connectivity index (χ1n) is 9.72. The van der Waals surface area contributed by atoms with Gasteiger partial charge in [-0.25, -0.2) is 9.97 Å². The number of halogens is 1. The van der Waals surface area contributed by atoms with E-state index in [2.05, 4.69) is 20.2 Å². The van der Waals surface area contributed by atoms with Crippen LogP contribution in [0.4, 0.5) is 5.82 Å². The number of ketones is 1. The Morgan fingerprint density at radius 2 is 1.96 bits per heavy atom. The van der Waals surface area contributed by atoms with Crippen molar-refractivity contribution in [3.63, 3.8) is 0 Å². The third kappa shape index (κ3) is 5.91. The molecule has 3 rings (SSSR count). The van der Waals surface area contributed by atoms with E-state index in [0.717, 1.165) is 31.7 Å². The van der Waals surface area contributed by atoms with Crippen molar-refractivity contribution < 1.29 is 9.53 Å². The number of hydrogen-bond acceptors (Lipinski definition) is 6. The molecule has 7 heteroatoms. The van der Waals surface area contributed by atoms with Crippen molar-refractivity contribution in [2.75, 3.05) is 38.6 Å². The van der Waals surface area contributed by atoms with Crippen LogP contribution in [0.5, 0.6) is 5.75 Å². The van der Waals surface area contributed by atoms with Crippen LogP contribution in [0, 0.1) is 6.92 Å². The number of hydrogen-bond donors (Lipinski definition) is 1. The zero-order valence-electron chi connectivity index (χ0n) is 16.5. The second-order valence-electron chi connectivity index (χ2n) is 7.18. The molecule has 0 unspecified atom stereocenters. The van der Waals surface area contributed by atoms with Crippen LogP contribution in [-0.4, -0.2) is 53.9 Å². The summed E-state index contributed by atoms with van der Waals surface area (Å²) in [6, 6.07) is 7.29. The lowest BCUT2D eigenvalue weighted by atomic mass is 10.0. The molecule has 0 atom stereocenters. The maximum absolute atomic E-state index is 12.7. The van der Waals surface area contributed by atoms with Gasteiger partial charge in [0.25, 0.3) is 0 Å². The number of piperidine rings is 1. The Morgan fingerprint density at radius 1 is 1.18 bits per heavy atom. The van der Waals surface area contributed by atoms with Crippen molar-refractivity contribution in [1.29, 1.82) is 0 Å². The number of methoxy groups -OCH3 is 1. The Bertz CT molecular complexity index is 822. The van der Waals surface area contributed by atoms with Crippen LogP contribution in [-0.2, 0) is 6.42 Å². The highest BCUT2D eigenvalue weighted by Crippen LogP contribution is 2.19. The minimum Gasteiger partial charge on any atom is -0.497 e. The third-order valence-corrected chi connectivity index (χ3v) is 5.05. The molecule has 28 heavy (non-hydrogen) atoms. The summed E-state index contributed by atoms with van der Waals surface area (Å²) in [6.45, 7) is 6.01. The van der Waals surface area contributed by atoms with Crippen LogP contribution in [0.1, 0.15) is 40.9 Å². The standard InChI is InChI=1S/C21H27ClN4O2/c1-15-10-16(12-18(11-15)28-2)19(27)13-17-14-20(25-21(22)24-17)23-6-9-26-7-4-3-5-8-26/h10-12,14H,3-9,13H2,1-2H3,(H,23,24,25). The zero-order chi connectivity index (χ0) is 19.9. The molecule has 2 aromatic rings. The number of aromatic nitrogens is 2. The maximum atomic E-state index is 12.7. The van der Waals surface area contributed by atoms with Gasteiger partial charge in [0, 0.05) is 24.7 Å². The lowest BCUT2D eigenvalue weighted by molar-refractivity contribution is 0.0991. The van der Waals surface area contributed by atoms with Crippen molar-refractivity contribution in [2.24, 2.45) is 0 Å².